The zero-order valence-corrected chi connectivity index (χ0v) is 85.5. The van der Waals surface area contributed by atoms with Gasteiger partial charge in [0, 0.05) is 63.2 Å². The summed E-state index contributed by atoms with van der Waals surface area (Å²) in [6.07, 6.45) is 16.1. The van der Waals surface area contributed by atoms with E-state index in [0.717, 1.165) is 57.2 Å². The maximum absolute atomic E-state index is 13.6. The lowest BCUT2D eigenvalue weighted by atomic mass is 9.90. The zero-order valence-electron chi connectivity index (χ0n) is 85.5. The summed E-state index contributed by atoms with van der Waals surface area (Å²) in [7, 11) is 3.74. The van der Waals surface area contributed by atoms with Gasteiger partial charge in [-0.15, -0.1) is 0 Å². The third kappa shape index (κ3) is 36.2. The van der Waals surface area contributed by atoms with Crippen LogP contribution in [0.15, 0.2) is 110 Å². The molecular weight excluding hydrogens is 1790 g/mol. The molecule has 40 heteroatoms. The first kappa shape index (κ1) is 121. The SMILES string of the molecule is C=C(N)NCCC[C@@H](NC(=O)C(CC)(CC)NC(=O)C(C)C)C(=O)NC1(C(N)=O)CCCC1.C=C(N)NCCC[C@@H](NC(=O)C(CC)(CC)NC(=O)c1ccccc1)C(=O)NC1(C(N)=O)CCCC1.C=C(N)NCCC[C@H](NC(=O)C(CC)(CC)NC(=O)c1ccccc1)C(=O)NC1(C(N)=O)CCCC1.C=C(NCCC[C@H](NC(=O)C(CC)(CC)NC(=O)C(C)C)C(=O)NC1(C(N)=O)CCCC1)N(C)C. The van der Waals surface area contributed by atoms with E-state index in [1.54, 1.807) is 116 Å². The molecule has 784 valence electrons. The molecule has 140 heavy (non-hydrogen) atoms. The first-order valence-electron chi connectivity index (χ1n) is 49.7. The Morgan fingerprint density at radius 2 is 0.514 bits per heavy atom. The van der Waals surface area contributed by atoms with Gasteiger partial charge in [0.25, 0.3) is 11.8 Å². The molecule has 0 radical (unpaired) electrons. The molecule has 4 aliphatic rings. The molecule has 0 spiro atoms. The third-order valence-corrected chi connectivity index (χ3v) is 27.4. The van der Waals surface area contributed by atoms with Crippen LogP contribution in [-0.2, 0) is 67.1 Å². The van der Waals surface area contributed by atoms with Crippen molar-refractivity contribution < 1.29 is 76.7 Å². The summed E-state index contributed by atoms with van der Waals surface area (Å²) >= 11 is 0. The summed E-state index contributed by atoms with van der Waals surface area (Å²) < 4.78 is 0. The highest BCUT2D eigenvalue weighted by atomic mass is 16.2. The summed E-state index contributed by atoms with van der Waals surface area (Å²) in [5, 5.41) is 46.0. The first-order chi connectivity index (χ1) is 65.9. The fraction of sp³-hybridized carbons (Fsp3) is 0.640. The average Bonchev–Trinajstić information content (AvgIpc) is 1.49. The highest BCUT2D eigenvalue weighted by Crippen LogP contribution is 2.34. The molecule has 4 atom stereocenters. The number of rotatable bonds is 57. The zero-order chi connectivity index (χ0) is 106. The van der Waals surface area contributed by atoms with E-state index in [1.165, 1.54) is 0 Å². The second-order valence-electron chi connectivity index (χ2n) is 38.0. The van der Waals surface area contributed by atoms with Gasteiger partial charge in [0.2, 0.25) is 82.7 Å². The molecule has 4 aliphatic carbocycles. The largest absolute Gasteiger partial charge is 0.386 e. The molecule has 0 aliphatic heterocycles. The van der Waals surface area contributed by atoms with Crippen molar-refractivity contribution in [2.24, 2.45) is 52.0 Å². The number of nitrogens with one attached hydrogen (secondary N) is 16. The van der Waals surface area contributed by atoms with Crippen LogP contribution >= 0.6 is 0 Å². The number of primary amides is 4. The normalized spacial score (nSPS) is 15.6. The number of hydrogen-bond acceptors (Lipinski definition) is 24. The summed E-state index contributed by atoms with van der Waals surface area (Å²) in [5.74, 6) is -6.06. The fourth-order valence-electron chi connectivity index (χ4n) is 17.3. The van der Waals surface area contributed by atoms with Gasteiger partial charge in [-0.3, -0.25) is 76.7 Å². The van der Waals surface area contributed by atoms with Crippen molar-refractivity contribution in [3.8, 4) is 0 Å². The molecule has 4 saturated carbocycles. The van der Waals surface area contributed by atoms with Gasteiger partial charge in [0.1, 0.15) is 68.5 Å². The molecule has 16 amide bonds. The number of nitrogens with two attached hydrogens (primary N) is 7. The molecule has 4 fully saturated rings. The van der Waals surface area contributed by atoms with E-state index in [0.29, 0.717) is 196 Å². The van der Waals surface area contributed by atoms with Gasteiger partial charge in [-0.2, -0.15) is 0 Å². The van der Waals surface area contributed by atoms with Crippen molar-refractivity contribution in [1.29, 1.82) is 0 Å². The maximum atomic E-state index is 13.6. The molecule has 0 heterocycles. The Labute approximate surface area is 827 Å². The minimum Gasteiger partial charge on any atom is -0.386 e. The average molecular weight is 1960 g/mol. The van der Waals surface area contributed by atoms with Gasteiger partial charge in [-0.1, -0.05) is 197 Å². The standard InChI is InChI=1S/2C26H40N6O4.C25H46N6O4.C23H42N6O4/c2*1-4-25(5-2,31-21(33)19-12-7-6-8-13-19)24(36)30-20(14-11-17-29-18(3)27)22(34)32-26(23(28)35)15-9-10-16-26;1-8-24(9-2,29-20(32)17(3)4)23(35)28-19(13-12-16-27-18(5)31(6)7)21(33)30-25(22(26)34)14-10-11-15-25;1-6-22(7-2,28-18(30)15(3)4)21(33)27-17(11-10-14-26-16(5)24)19(31)29-23(20(25)32)12-8-9-13-23/h2*6-8,12-13,20,29H,3-5,9-11,14-17,27H2,1-2H3,(H2,28,35)(H,30,36)(H,31,33)(H,32,34);17,19,27H,5,8-16H2,1-4,6-7H3,(H2,26,34)(H,28,35)(H,29,32)(H,30,33);15,17,26H,5-14,24H2,1-4H3,(H2,25,32)(H,27,33)(H,28,30)(H,29,31)/t2*20-;19-;17-/m1001/s1. The Morgan fingerprint density at radius 1 is 0.314 bits per heavy atom. The number of carbonyl (C=O) groups is 16. The number of nitrogens with zero attached hydrogens (tertiary/aromatic N) is 1. The molecule has 0 unspecified atom stereocenters. The van der Waals surface area contributed by atoms with Crippen molar-refractivity contribution in [2.75, 3.05) is 40.3 Å². The summed E-state index contributed by atoms with van der Waals surface area (Å²) in [5.41, 5.74) is 30.9. The summed E-state index contributed by atoms with van der Waals surface area (Å²) in [6, 6.07) is 13.6. The van der Waals surface area contributed by atoms with E-state index in [4.69, 9.17) is 40.1 Å². The number of hydrogen-bond donors (Lipinski definition) is 23. The minimum absolute atomic E-state index is 0.227. The third-order valence-electron chi connectivity index (χ3n) is 27.4. The van der Waals surface area contributed by atoms with E-state index in [9.17, 15) is 76.7 Å². The molecule has 0 saturated heterocycles. The Bertz CT molecular complexity index is 4330. The van der Waals surface area contributed by atoms with E-state index in [2.05, 4.69) is 111 Å². The van der Waals surface area contributed by atoms with Crippen LogP contribution in [0.3, 0.4) is 0 Å². The molecule has 2 aromatic rings. The van der Waals surface area contributed by atoms with Gasteiger partial charge in [-0.25, -0.2) is 0 Å². The van der Waals surface area contributed by atoms with E-state index < -0.39 is 139 Å². The molecule has 0 aromatic heterocycles. The molecule has 2 aromatic carbocycles. The summed E-state index contributed by atoms with van der Waals surface area (Å²) in [6.45, 7) is 38.1. The van der Waals surface area contributed by atoms with Gasteiger partial charge in [-0.05, 0) is 178 Å². The Hall–Kier alpha value is -12.7. The number of benzene rings is 2. The van der Waals surface area contributed by atoms with Crippen molar-refractivity contribution >= 4 is 94.5 Å². The van der Waals surface area contributed by atoms with Crippen LogP contribution < -0.4 is 125 Å². The van der Waals surface area contributed by atoms with Crippen LogP contribution in [0.25, 0.3) is 0 Å². The highest BCUT2D eigenvalue weighted by molar-refractivity contribution is 6.04. The van der Waals surface area contributed by atoms with Crippen LogP contribution in [0.5, 0.6) is 0 Å². The molecule has 6 rings (SSSR count). The topological polar surface area (TPSA) is 651 Å². The quantitative estimate of drug-likeness (QED) is 0.0416. The lowest BCUT2D eigenvalue weighted by molar-refractivity contribution is -0.138. The van der Waals surface area contributed by atoms with Crippen LogP contribution in [0.4, 0.5) is 0 Å². The Balaban J connectivity index is 0.000000480. The predicted molar refractivity (Wildman–Crippen MR) is 541 cm³/mol. The summed E-state index contributed by atoms with van der Waals surface area (Å²) in [4.78, 5) is 208. The van der Waals surface area contributed by atoms with Gasteiger partial charge in [0.15, 0.2) is 0 Å². The van der Waals surface area contributed by atoms with Crippen molar-refractivity contribution in [2.45, 2.75) is 357 Å². The second-order valence-corrected chi connectivity index (χ2v) is 38.0. The van der Waals surface area contributed by atoms with Crippen molar-refractivity contribution in [3.63, 3.8) is 0 Å². The molecule has 0 bridgehead atoms. The molecule has 40 nitrogen and oxygen atoms in total. The molecular formula is C100H168N24O16. The minimum atomic E-state index is -1.22. The van der Waals surface area contributed by atoms with Crippen LogP contribution in [0.2, 0.25) is 0 Å². The lowest BCUT2D eigenvalue weighted by Crippen LogP contribution is -2.64. The second kappa shape index (κ2) is 58.4. The van der Waals surface area contributed by atoms with E-state index >= 15 is 0 Å². The van der Waals surface area contributed by atoms with Gasteiger partial charge in [0.05, 0.1) is 23.3 Å². The fourth-order valence-corrected chi connectivity index (χ4v) is 17.3. The molecule has 30 N–H and O–H groups in total. The first-order valence-corrected chi connectivity index (χ1v) is 49.7. The predicted octanol–water partition coefficient (Wildman–Crippen LogP) is 3.98. The lowest BCUT2D eigenvalue weighted by Gasteiger charge is -2.35. The Kier molecular flexibility index (Phi) is 50.7. The smallest absolute Gasteiger partial charge is 0.252 e. The van der Waals surface area contributed by atoms with Gasteiger partial charge >= 0.3 is 0 Å². The van der Waals surface area contributed by atoms with Crippen molar-refractivity contribution in [1.82, 2.24) is 90.0 Å². The highest BCUT2D eigenvalue weighted by Gasteiger charge is 2.50. The van der Waals surface area contributed by atoms with Crippen LogP contribution in [0, 0.1) is 11.8 Å². The number of carbonyl (C=O) groups excluding carboxylic acids is 16. The van der Waals surface area contributed by atoms with E-state index in [-0.39, 0.29) is 48.3 Å². The van der Waals surface area contributed by atoms with E-state index in [1.807, 2.05) is 46.7 Å². The number of amides is 16. The Morgan fingerprint density at radius 3 is 0.693 bits per heavy atom. The monoisotopic (exact) mass is 1960 g/mol. The van der Waals surface area contributed by atoms with Gasteiger partial charge < -0.3 is 130 Å². The van der Waals surface area contributed by atoms with Crippen molar-refractivity contribution in [3.05, 3.63) is 121 Å². The van der Waals surface area contributed by atoms with Crippen LogP contribution in [-0.4, -0.2) is 208 Å². The maximum Gasteiger partial charge on any atom is 0.252 e. The van der Waals surface area contributed by atoms with Crippen LogP contribution in [0.1, 0.15) is 309 Å².